The van der Waals surface area contributed by atoms with Gasteiger partial charge in [0.2, 0.25) is 5.91 Å². The summed E-state index contributed by atoms with van der Waals surface area (Å²) in [5.74, 6) is -0.0333. The molecule has 164 valence electrons. The van der Waals surface area contributed by atoms with Crippen LogP contribution in [0.2, 0.25) is 0 Å². The quantitative estimate of drug-likeness (QED) is 0.222. The molecule has 0 spiro atoms. The molecule has 2 N–H and O–H groups in total. The van der Waals surface area contributed by atoms with Crippen molar-refractivity contribution < 1.29 is 9.90 Å². The molecule has 0 saturated heterocycles. The molecular weight excluding hydrogens is 358 g/mol. The number of benzene rings is 1. The van der Waals surface area contributed by atoms with Gasteiger partial charge in [-0.2, -0.15) is 0 Å². The summed E-state index contributed by atoms with van der Waals surface area (Å²) < 4.78 is 0. The summed E-state index contributed by atoms with van der Waals surface area (Å²) in [6.07, 6.45) is 21.5. The lowest BCUT2D eigenvalue weighted by atomic mass is 10.1. The third-order valence-corrected chi connectivity index (χ3v) is 5.35. The number of nitrogens with one attached hydrogen (secondary N) is 1. The van der Waals surface area contributed by atoms with Crippen molar-refractivity contribution in [3.63, 3.8) is 0 Å². The van der Waals surface area contributed by atoms with E-state index in [9.17, 15) is 9.90 Å². The summed E-state index contributed by atoms with van der Waals surface area (Å²) in [7, 11) is 0. The fraction of sp³-hybridized carbons (Fsp3) is 0.654. The zero-order valence-electron chi connectivity index (χ0n) is 18.6. The molecule has 3 heteroatoms. The van der Waals surface area contributed by atoms with E-state index >= 15 is 0 Å². The van der Waals surface area contributed by atoms with Gasteiger partial charge < -0.3 is 10.4 Å². The number of amides is 1. The zero-order chi connectivity index (χ0) is 21.0. The SMILES string of the molecule is CCCCCCCCCCCCC/C=C/C[C@@H](CO)NC(=O)Cc1ccccc1. The Morgan fingerprint density at radius 1 is 0.897 bits per heavy atom. The Kier molecular flexibility index (Phi) is 16.2. The zero-order valence-corrected chi connectivity index (χ0v) is 18.6. The lowest BCUT2D eigenvalue weighted by Crippen LogP contribution is -2.38. The number of unbranched alkanes of at least 4 members (excludes halogenated alkanes) is 11. The summed E-state index contributed by atoms with van der Waals surface area (Å²) in [5.41, 5.74) is 0.994. The first-order chi connectivity index (χ1) is 14.3. The van der Waals surface area contributed by atoms with Crippen molar-refractivity contribution in [3.05, 3.63) is 48.0 Å². The Labute approximate surface area is 179 Å². The lowest BCUT2D eigenvalue weighted by Gasteiger charge is -2.14. The molecule has 1 aromatic carbocycles. The number of aliphatic hydroxyl groups excluding tert-OH is 1. The molecule has 1 amide bonds. The molecule has 0 unspecified atom stereocenters. The first-order valence-electron chi connectivity index (χ1n) is 11.9. The van der Waals surface area contributed by atoms with Crippen LogP contribution in [-0.2, 0) is 11.2 Å². The first-order valence-corrected chi connectivity index (χ1v) is 11.9. The number of hydrogen-bond acceptors (Lipinski definition) is 2. The van der Waals surface area contributed by atoms with Crippen molar-refractivity contribution in [2.75, 3.05) is 6.61 Å². The smallest absolute Gasteiger partial charge is 0.224 e. The van der Waals surface area contributed by atoms with Gasteiger partial charge in [-0.15, -0.1) is 0 Å². The molecular formula is C26H43NO2. The van der Waals surface area contributed by atoms with Gasteiger partial charge in [0, 0.05) is 0 Å². The molecule has 0 radical (unpaired) electrons. The number of aliphatic hydroxyl groups is 1. The molecule has 0 aliphatic heterocycles. The number of hydrogen-bond donors (Lipinski definition) is 2. The van der Waals surface area contributed by atoms with Crippen molar-refractivity contribution in [1.29, 1.82) is 0 Å². The summed E-state index contributed by atoms with van der Waals surface area (Å²) in [4.78, 5) is 12.1. The van der Waals surface area contributed by atoms with Crippen molar-refractivity contribution in [2.45, 2.75) is 103 Å². The molecule has 1 atom stereocenters. The van der Waals surface area contributed by atoms with Crippen LogP contribution in [0.4, 0.5) is 0 Å². The molecule has 1 aromatic rings. The minimum Gasteiger partial charge on any atom is -0.394 e. The van der Waals surface area contributed by atoms with Crippen LogP contribution in [0.5, 0.6) is 0 Å². The standard InChI is InChI=1S/C26H43NO2/c1-2-3-4-5-6-7-8-9-10-11-12-13-14-18-21-25(23-28)27-26(29)22-24-19-16-15-17-20-24/h14-20,25,28H,2-13,21-23H2,1H3,(H,27,29)/b18-14+/t25-/m0/s1. The molecule has 1 rings (SSSR count). The van der Waals surface area contributed by atoms with Crippen LogP contribution in [0.3, 0.4) is 0 Å². The Morgan fingerprint density at radius 2 is 1.48 bits per heavy atom. The topological polar surface area (TPSA) is 49.3 Å². The molecule has 3 nitrogen and oxygen atoms in total. The molecule has 0 aromatic heterocycles. The van der Waals surface area contributed by atoms with Crippen LogP contribution in [-0.4, -0.2) is 23.7 Å². The van der Waals surface area contributed by atoms with Gasteiger partial charge in [-0.25, -0.2) is 0 Å². The second-order valence-electron chi connectivity index (χ2n) is 8.14. The highest BCUT2D eigenvalue weighted by atomic mass is 16.3. The van der Waals surface area contributed by atoms with Gasteiger partial charge in [-0.05, 0) is 24.8 Å². The minimum absolute atomic E-state index is 0.0245. The summed E-state index contributed by atoms with van der Waals surface area (Å²) in [6.45, 7) is 2.24. The predicted octanol–water partition coefficient (Wildman–Crippen LogP) is 6.35. The number of carbonyl (C=O) groups is 1. The van der Waals surface area contributed by atoms with E-state index in [0.717, 1.165) is 12.0 Å². The highest BCUT2D eigenvalue weighted by Crippen LogP contribution is 2.12. The van der Waals surface area contributed by atoms with E-state index < -0.39 is 0 Å². The number of carbonyl (C=O) groups excluding carboxylic acids is 1. The van der Waals surface area contributed by atoms with Crippen LogP contribution in [0.15, 0.2) is 42.5 Å². The van der Waals surface area contributed by atoms with Crippen molar-refractivity contribution in [3.8, 4) is 0 Å². The van der Waals surface area contributed by atoms with E-state index in [-0.39, 0.29) is 18.6 Å². The van der Waals surface area contributed by atoms with Crippen LogP contribution in [0.25, 0.3) is 0 Å². The summed E-state index contributed by atoms with van der Waals surface area (Å²) in [6, 6.07) is 9.51. The molecule has 0 bridgehead atoms. The van der Waals surface area contributed by atoms with Gasteiger partial charge in [0.1, 0.15) is 0 Å². The van der Waals surface area contributed by atoms with Crippen LogP contribution < -0.4 is 5.32 Å². The van der Waals surface area contributed by atoms with Crippen molar-refractivity contribution in [2.24, 2.45) is 0 Å². The lowest BCUT2D eigenvalue weighted by molar-refractivity contribution is -0.121. The maximum absolute atomic E-state index is 12.1. The van der Waals surface area contributed by atoms with Gasteiger partial charge in [0.15, 0.2) is 0 Å². The molecule has 0 fully saturated rings. The molecule has 0 aliphatic rings. The van der Waals surface area contributed by atoms with Crippen LogP contribution in [0.1, 0.15) is 96.0 Å². The largest absolute Gasteiger partial charge is 0.394 e. The predicted molar refractivity (Wildman–Crippen MR) is 124 cm³/mol. The van der Waals surface area contributed by atoms with Gasteiger partial charge in [-0.3, -0.25) is 4.79 Å². The Hall–Kier alpha value is -1.61. The van der Waals surface area contributed by atoms with E-state index in [1.807, 2.05) is 30.3 Å². The van der Waals surface area contributed by atoms with E-state index in [4.69, 9.17) is 0 Å². The monoisotopic (exact) mass is 401 g/mol. The fourth-order valence-electron chi connectivity index (χ4n) is 3.54. The van der Waals surface area contributed by atoms with E-state index in [0.29, 0.717) is 12.8 Å². The molecule has 29 heavy (non-hydrogen) atoms. The van der Waals surface area contributed by atoms with Crippen molar-refractivity contribution in [1.82, 2.24) is 5.32 Å². The maximum atomic E-state index is 12.1. The Morgan fingerprint density at radius 3 is 2.07 bits per heavy atom. The van der Waals surface area contributed by atoms with Gasteiger partial charge in [0.05, 0.1) is 19.1 Å². The maximum Gasteiger partial charge on any atom is 0.224 e. The van der Waals surface area contributed by atoms with E-state index in [1.54, 1.807) is 0 Å². The number of allylic oxidation sites excluding steroid dienone is 1. The first kappa shape index (κ1) is 25.4. The number of rotatable bonds is 18. The van der Waals surface area contributed by atoms with Gasteiger partial charge in [-0.1, -0.05) is 114 Å². The summed E-state index contributed by atoms with van der Waals surface area (Å²) in [5, 5.41) is 12.4. The van der Waals surface area contributed by atoms with E-state index in [1.165, 1.54) is 70.6 Å². The van der Waals surface area contributed by atoms with Crippen molar-refractivity contribution >= 4 is 5.91 Å². The Balaban J connectivity index is 1.98. The highest BCUT2D eigenvalue weighted by molar-refractivity contribution is 5.78. The Bertz CT molecular complexity index is 527. The second kappa shape index (κ2) is 18.4. The highest BCUT2D eigenvalue weighted by Gasteiger charge is 2.10. The fourth-order valence-corrected chi connectivity index (χ4v) is 3.54. The van der Waals surface area contributed by atoms with E-state index in [2.05, 4.69) is 24.4 Å². The summed E-state index contributed by atoms with van der Waals surface area (Å²) >= 11 is 0. The molecule has 0 aliphatic carbocycles. The van der Waals surface area contributed by atoms with Gasteiger partial charge >= 0.3 is 0 Å². The third-order valence-electron chi connectivity index (χ3n) is 5.35. The molecule has 0 saturated carbocycles. The second-order valence-corrected chi connectivity index (χ2v) is 8.14. The minimum atomic E-state index is -0.195. The van der Waals surface area contributed by atoms with Gasteiger partial charge in [0.25, 0.3) is 0 Å². The molecule has 0 heterocycles. The van der Waals surface area contributed by atoms with Crippen LogP contribution >= 0.6 is 0 Å². The normalized spacial score (nSPS) is 12.3. The van der Waals surface area contributed by atoms with Crippen LogP contribution in [0, 0.1) is 0 Å². The average molecular weight is 402 g/mol. The average Bonchev–Trinajstić information content (AvgIpc) is 2.73. The third kappa shape index (κ3) is 15.0.